The lowest BCUT2D eigenvalue weighted by molar-refractivity contribution is -0.194. The number of aliphatic hydroxyl groups is 3. The standard InChI is InChI=1S/C10H20O5/c1-6(11)5-7(12)10(15,8(13)14)9(2,3)4/h6-7,11-12,15H,5H2,1-4H3,(H,13,14)/t6?,7?,10-/m0/s1. The van der Waals surface area contributed by atoms with Crippen LogP contribution in [0.1, 0.15) is 34.1 Å². The van der Waals surface area contributed by atoms with Crippen LogP contribution in [0, 0.1) is 5.41 Å². The van der Waals surface area contributed by atoms with Gasteiger partial charge in [-0.2, -0.15) is 0 Å². The van der Waals surface area contributed by atoms with Crippen LogP contribution in [-0.4, -0.2) is 44.2 Å². The molecule has 0 aromatic rings. The largest absolute Gasteiger partial charge is 0.479 e. The van der Waals surface area contributed by atoms with Crippen LogP contribution in [-0.2, 0) is 4.79 Å². The van der Waals surface area contributed by atoms with Gasteiger partial charge in [-0.3, -0.25) is 0 Å². The summed E-state index contributed by atoms with van der Waals surface area (Å²) in [7, 11) is 0. The van der Waals surface area contributed by atoms with Crippen LogP contribution in [0.2, 0.25) is 0 Å². The van der Waals surface area contributed by atoms with Crippen LogP contribution >= 0.6 is 0 Å². The Morgan fingerprint density at radius 1 is 1.27 bits per heavy atom. The molecule has 90 valence electrons. The predicted octanol–water partition coefficient (Wildman–Crippen LogP) is -0.0200. The first-order valence-electron chi connectivity index (χ1n) is 4.85. The molecule has 0 radical (unpaired) electrons. The maximum Gasteiger partial charge on any atom is 0.339 e. The summed E-state index contributed by atoms with van der Waals surface area (Å²) in [5.41, 5.74) is -3.28. The van der Waals surface area contributed by atoms with Crippen molar-refractivity contribution in [1.82, 2.24) is 0 Å². The van der Waals surface area contributed by atoms with Gasteiger partial charge in [-0.1, -0.05) is 20.8 Å². The van der Waals surface area contributed by atoms with Crippen molar-refractivity contribution in [2.75, 3.05) is 0 Å². The molecule has 0 bridgehead atoms. The third-order valence-corrected chi connectivity index (χ3v) is 2.52. The predicted molar refractivity (Wildman–Crippen MR) is 54.3 cm³/mol. The normalized spacial score (nSPS) is 20.5. The van der Waals surface area contributed by atoms with Crippen LogP contribution in [0.4, 0.5) is 0 Å². The molecule has 0 aliphatic heterocycles. The quantitative estimate of drug-likeness (QED) is 0.534. The average molecular weight is 220 g/mol. The van der Waals surface area contributed by atoms with E-state index in [2.05, 4.69) is 0 Å². The third kappa shape index (κ3) is 2.90. The lowest BCUT2D eigenvalue weighted by Gasteiger charge is -2.40. The van der Waals surface area contributed by atoms with Crippen LogP contribution in [0.25, 0.3) is 0 Å². The van der Waals surface area contributed by atoms with E-state index in [0.717, 1.165) is 0 Å². The number of carboxylic acids is 1. The molecule has 0 spiro atoms. The van der Waals surface area contributed by atoms with Crippen molar-refractivity contribution in [3.8, 4) is 0 Å². The van der Waals surface area contributed by atoms with Gasteiger partial charge in [-0.25, -0.2) is 4.79 Å². The van der Waals surface area contributed by atoms with E-state index in [4.69, 9.17) is 10.2 Å². The monoisotopic (exact) mass is 220 g/mol. The Morgan fingerprint density at radius 3 is 1.87 bits per heavy atom. The van der Waals surface area contributed by atoms with Gasteiger partial charge in [0, 0.05) is 11.8 Å². The van der Waals surface area contributed by atoms with Gasteiger partial charge >= 0.3 is 5.97 Å². The number of hydrogen-bond acceptors (Lipinski definition) is 4. The van der Waals surface area contributed by atoms with Crippen molar-refractivity contribution in [2.45, 2.75) is 51.9 Å². The van der Waals surface area contributed by atoms with Crippen molar-refractivity contribution in [3.05, 3.63) is 0 Å². The molecule has 0 amide bonds. The van der Waals surface area contributed by atoms with Gasteiger partial charge < -0.3 is 20.4 Å². The Bertz CT molecular complexity index is 230. The number of hydrogen-bond donors (Lipinski definition) is 4. The van der Waals surface area contributed by atoms with Crippen LogP contribution < -0.4 is 0 Å². The molecule has 5 heteroatoms. The molecule has 15 heavy (non-hydrogen) atoms. The maximum absolute atomic E-state index is 11.0. The summed E-state index contributed by atoms with van der Waals surface area (Å²) in [6.45, 7) is 5.99. The van der Waals surface area contributed by atoms with Gasteiger partial charge in [0.15, 0.2) is 5.60 Å². The van der Waals surface area contributed by atoms with Crippen molar-refractivity contribution in [1.29, 1.82) is 0 Å². The second-order valence-corrected chi connectivity index (χ2v) is 4.92. The average Bonchev–Trinajstić information content (AvgIpc) is 1.98. The van der Waals surface area contributed by atoms with E-state index in [1.54, 1.807) is 0 Å². The molecule has 4 N–H and O–H groups in total. The number of aliphatic hydroxyl groups excluding tert-OH is 2. The Morgan fingerprint density at radius 2 is 1.67 bits per heavy atom. The topological polar surface area (TPSA) is 98.0 Å². The van der Waals surface area contributed by atoms with Crippen molar-refractivity contribution in [2.24, 2.45) is 5.41 Å². The highest BCUT2D eigenvalue weighted by Gasteiger charge is 2.53. The second-order valence-electron chi connectivity index (χ2n) is 4.92. The zero-order valence-electron chi connectivity index (χ0n) is 9.56. The van der Waals surface area contributed by atoms with Gasteiger partial charge in [0.25, 0.3) is 0 Å². The lowest BCUT2D eigenvalue weighted by Crippen LogP contribution is -2.59. The highest BCUT2D eigenvalue weighted by molar-refractivity contribution is 5.79. The fourth-order valence-corrected chi connectivity index (χ4v) is 1.46. The van der Waals surface area contributed by atoms with E-state index < -0.39 is 29.2 Å². The SMILES string of the molecule is CC(O)CC(O)[C@](O)(C(=O)O)C(C)(C)C. The molecular formula is C10H20O5. The van der Waals surface area contributed by atoms with Gasteiger partial charge in [0.2, 0.25) is 0 Å². The van der Waals surface area contributed by atoms with Gasteiger partial charge in [-0.05, 0) is 6.92 Å². The van der Waals surface area contributed by atoms with Gasteiger partial charge in [-0.15, -0.1) is 0 Å². The summed E-state index contributed by atoms with van der Waals surface area (Å²) in [6, 6.07) is 0. The summed E-state index contributed by atoms with van der Waals surface area (Å²) in [5.74, 6) is -1.48. The van der Waals surface area contributed by atoms with Gasteiger partial charge in [0.1, 0.15) is 0 Å². The van der Waals surface area contributed by atoms with E-state index in [1.165, 1.54) is 27.7 Å². The van der Waals surface area contributed by atoms with E-state index >= 15 is 0 Å². The second kappa shape index (κ2) is 4.47. The zero-order valence-corrected chi connectivity index (χ0v) is 9.56. The Balaban J connectivity index is 5.05. The van der Waals surface area contributed by atoms with Crippen molar-refractivity contribution >= 4 is 5.97 Å². The first-order chi connectivity index (χ1) is 6.53. The highest BCUT2D eigenvalue weighted by Crippen LogP contribution is 2.35. The molecule has 0 saturated heterocycles. The highest BCUT2D eigenvalue weighted by atomic mass is 16.4. The Labute approximate surface area is 89.4 Å². The minimum absolute atomic E-state index is 0.180. The summed E-state index contributed by atoms with van der Waals surface area (Å²) < 4.78 is 0. The lowest BCUT2D eigenvalue weighted by atomic mass is 9.72. The summed E-state index contributed by atoms with van der Waals surface area (Å²) in [4.78, 5) is 11.0. The maximum atomic E-state index is 11.0. The zero-order chi connectivity index (χ0) is 12.4. The van der Waals surface area contributed by atoms with E-state index in [9.17, 15) is 15.0 Å². The third-order valence-electron chi connectivity index (χ3n) is 2.52. The molecule has 0 heterocycles. The van der Waals surface area contributed by atoms with E-state index in [1.807, 2.05) is 0 Å². The minimum Gasteiger partial charge on any atom is -0.479 e. The molecule has 0 aliphatic carbocycles. The molecule has 5 nitrogen and oxygen atoms in total. The van der Waals surface area contributed by atoms with Gasteiger partial charge in [0.05, 0.1) is 12.2 Å². The summed E-state index contributed by atoms with van der Waals surface area (Å²) in [6.07, 6.45) is -2.55. The van der Waals surface area contributed by atoms with Crippen LogP contribution in [0.5, 0.6) is 0 Å². The molecule has 0 aromatic carbocycles. The smallest absolute Gasteiger partial charge is 0.339 e. The van der Waals surface area contributed by atoms with E-state index in [0.29, 0.717) is 0 Å². The number of carbonyl (C=O) groups is 1. The molecule has 0 saturated carbocycles. The van der Waals surface area contributed by atoms with Crippen LogP contribution in [0.3, 0.4) is 0 Å². The molecule has 2 unspecified atom stereocenters. The fourth-order valence-electron chi connectivity index (χ4n) is 1.46. The molecule has 0 aromatic heterocycles. The Kier molecular flexibility index (Phi) is 4.27. The first-order valence-corrected chi connectivity index (χ1v) is 4.85. The number of aliphatic carboxylic acids is 1. The minimum atomic E-state index is -2.26. The fraction of sp³-hybridized carbons (Fsp3) is 0.900. The Hall–Kier alpha value is -0.650. The molecule has 0 rings (SSSR count). The molecule has 3 atom stereocenters. The molecule has 0 fully saturated rings. The number of carboxylic acid groups (broad SMARTS) is 1. The van der Waals surface area contributed by atoms with E-state index in [-0.39, 0.29) is 6.42 Å². The first kappa shape index (κ1) is 14.3. The summed E-state index contributed by atoms with van der Waals surface area (Å²) in [5, 5.41) is 37.7. The summed E-state index contributed by atoms with van der Waals surface area (Å²) >= 11 is 0. The van der Waals surface area contributed by atoms with Crippen molar-refractivity contribution in [3.63, 3.8) is 0 Å². The molecule has 0 aliphatic rings. The molecular weight excluding hydrogens is 200 g/mol. The number of rotatable bonds is 4. The van der Waals surface area contributed by atoms with Crippen molar-refractivity contribution < 1.29 is 25.2 Å². The van der Waals surface area contributed by atoms with Crippen LogP contribution in [0.15, 0.2) is 0 Å².